The predicted molar refractivity (Wildman–Crippen MR) is 75.0 cm³/mol. The Balaban J connectivity index is 1.93. The molecule has 2 rings (SSSR count). The summed E-state index contributed by atoms with van der Waals surface area (Å²) in [7, 11) is 2.32. The first-order valence-electron chi connectivity index (χ1n) is 7.49. The van der Waals surface area contributed by atoms with E-state index in [0.717, 1.165) is 19.8 Å². The molecule has 4 nitrogen and oxygen atoms in total. The molecular weight excluding hydrogens is 226 g/mol. The van der Waals surface area contributed by atoms with Crippen LogP contribution in [0.2, 0.25) is 0 Å². The molecule has 0 aromatic carbocycles. The Morgan fingerprint density at radius 1 is 1.22 bits per heavy atom. The molecule has 0 aromatic rings. The topological polar surface area (TPSA) is 27.7 Å². The molecule has 1 spiro atoms. The summed E-state index contributed by atoms with van der Waals surface area (Å²) in [5.41, 5.74) is 0.411. The molecule has 0 saturated carbocycles. The molecule has 2 saturated heterocycles. The smallest absolute Gasteiger partial charge is 0.0593 e. The van der Waals surface area contributed by atoms with Crippen LogP contribution in [-0.2, 0) is 4.74 Å². The number of hydrogen-bond donors (Lipinski definition) is 1. The summed E-state index contributed by atoms with van der Waals surface area (Å²) < 4.78 is 5.51. The lowest BCUT2D eigenvalue weighted by Crippen LogP contribution is -2.57. The van der Waals surface area contributed by atoms with E-state index >= 15 is 0 Å². The highest BCUT2D eigenvalue weighted by atomic mass is 16.5. The largest absolute Gasteiger partial charge is 0.380 e. The average molecular weight is 255 g/mol. The molecule has 18 heavy (non-hydrogen) atoms. The summed E-state index contributed by atoms with van der Waals surface area (Å²) in [6.45, 7) is 10.9. The lowest BCUT2D eigenvalue weighted by Gasteiger charge is -2.45. The van der Waals surface area contributed by atoms with Gasteiger partial charge in [-0.15, -0.1) is 0 Å². The first-order valence-corrected chi connectivity index (χ1v) is 7.49. The quantitative estimate of drug-likeness (QED) is 0.752. The zero-order valence-electron chi connectivity index (χ0n) is 12.1. The van der Waals surface area contributed by atoms with E-state index < -0.39 is 0 Å². The summed E-state index contributed by atoms with van der Waals surface area (Å²) in [5.74, 6) is 0. The van der Waals surface area contributed by atoms with Gasteiger partial charge in [0, 0.05) is 25.2 Å². The molecule has 2 aliphatic heterocycles. The molecule has 1 N–H and O–H groups in total. The van der Waals surface area contributed by atoms with E-state index in [1.54, 1.807) is 0 Å². The zero-order chi connectivity index (χ0) is 12.8. The summed E-state index contributed by atoms with van der Waals surface area (Å²) in [5, 5.41) is 3.49. The summed E-state index contributed by atoms with van der Waals surface area (Å²) in [6, 6.07) is 0. The highest BCUT2D eigenvalue weighted by molar-refractivity contribution is 4.97. The van der Waals surface area contributed by atoms with Gasteiger partial charge in [0.05, 0.1) is 6.61 Å². The zero-order valence-corrected chi connectivity index (χ0v) is 12.1. The number of ether oxygens (including phenoxy) is 1. The number of piperidine rings is 1. The van der Waals surface area contributed by atoms with Crippen LogP contribution in [0, 0.1) is 0 Å². The van der Waals surface area contributed by atoms with Crippen molar-refractivity contribution < 1.29 is 4.74 Å². The lowest BCUT2D eigenvalue weighted by molar-refractivity contribution is 0.0522. The Bertz CT molecular complexity index is 241. The lowest BCUT2D eigenvalue weighted by atomic mass is 9.86. The Morgan fingerprint density at radius 2 is 2.00 bits per heavy atom. The van der Waals surface area contributed by atoms with Gasteiger partial charge in [-0.05, 0) is 59.4 Å². The average Bonchev–Trinajstić information content (AvgIpc) is 2.52. The van der Waals surface area contributed by atoms with Crippen LogP contribution in [-0.4, -0.2) is 74.9 Å². The van der Waals surface area contributed by atoms with Crippen LogP contribution in [0.25, 0.3) is 0 Å². The molecule has 0 unspecified atom stereocenters. The van der Waals surface area contributed by atoms with Gasteiger partial charge in [-0.3, -0.25) is 9.80 Å². The van der Waals surface area contributed by atoms with Gasteiger partial charge in [0.2, 0.25) is 0 Å². The van der Waals surface area contributed by atoms with E-state index in [1.165, 1.54) is 52.0 Å². The number of nitrogens with zero attached hydrogens (tertiary/aromatic N) is 2. The van der Waals surface area contributed by atoms with E-state index in [0.29, 0.717) is 5.54 Å². The van der Waals surface area contributed by atoms with Crippen LogP contribution in [0.4, 0.5) is 0 Å². The second kappa shape index (κ2) is 6.85. The van der Waals surface area contributed by atoms with Gasteiger partial charge in [0.25, 0.3) is 0 Å². The molecule has 4 heteroatoms. The number of rotatable bonds is 4. The Hall–Kier alpha value is -0.160. The standard InChI is InChI=1S/C14H29N3O/c1-3-18-12-11-17-10-4-9-16(2)14(13-17)5-7-15-8-6-14/h15H,3-13H2,1-2H3. The van der Waals surface area contributed by atoms with Crippen molar-refractivity contribution in [2.75, 3.05) is 59.5 Å². The van der Waals surface area contributed by atoms with Gasteiger partial charge >= 0.3 is 0 Å². The molecule has 2 heterocycles. The minimum absolute atomic E-state index is 0.411. The highest BCUT2D eigenvalue weighted by Gasteiger charge is 2.38. The van der Waals surface area contributed by atoms with Crippen molar-refractivity contribution in [2.24, 2.45) is 0 Å². The molecule has 0 aliphatic carbocycles. The van der Waals surface area contributed by atoms with Crippen molar-refractivity contribution in [1.82, 2.24) is 15.1 Å². The maximum Gasteiger partial charge on any atom is 0.0593 e. The number of likely N-dealkylation sites (N-methyl/N-ethyl adjacent to an activating group) is 1. The van der Waals surface area contributed by atoms with E-state index in [1.807, 2.05) is 0 Å². The van der Waals surface area contributed by atoms with Crippen molar-refractivity contribution in [3.8, 4) is 0 Å². The second-order valence-electron chi connectivity index (χ2n) is 5.72. The number of hydrogen-bond acceptors (Lipinski definition) is 4. The summed E-state index contributed by atoms with van der Waals surface area (Å²) in [4.78, 5) is 5.24. The first kappa shape index (κ1) is 14.3. The fourth-order valence-corrected chi connectivity index (χ4v) is 3.35. The van der Waals surface area contributed by atoms with Crippen molar-refractivity contribution in [3.05, 3.63) is 0 Å². The third-order valence-corrected chi connectivity index (χ3v) is 4.59. The molecule has 0 bridgehead atoms. The van der Waals surface area contributed by atoms with Crippen LogP contribution in [0.3, 0.4) is 0 Å². The Labute approximate surface area is 112 Å². The fraction of sp³-hybridized carbons (Fsp3) is 1.00. The Morgan fingerprint density at radius 3 is 2.72 bits per heavy atom. The molecule has 0 amide bonds. The van der Waals surface area contributed by atoms with Gasteiger partial charge < -0.3 is 10.1 Å². The SMILES string of the molecule is CCOCCN1CCCN(C)C2(CCNCC2)C1. The van der Waals surface area contributed by atoms with Crippen LogP contribution in [0.15, 0.2) is 0 Å². The fourth-order valence-electron chi connectivity index (χ4n) is 3.35. The van der Waals surface area contributed by atoms with Gasteiger partial charge in [-0.1, -0.05) is 0 Å². The molecule has 106 valence electrons. The van der Waals surface area contributed by atoms with Gasteiger partial charge in [0.15, 0.2) is 0 Å². The van der Waals surface area contributed by atoms with E-state index in [2.05, 4.69) is 29.1 Å². The highest BCUT2D eigenvalue weighted by Crippen LogP contribution is 2.28. The van der Waals surface area contributed by atoms with E-state index in [9.17, 15) is 0 Å². The second-order valence-corrected chi connectivity index (χ2v) is 5.72. The van der Waals surface area contributed by atoms with Crippen molar-refractivity contribution >= 4 is 0 Å². The van der Waals surface area contributed by atoms with Crippen molar-refractivity contribution in [3.63, 3.8) is 0 Å². The Kier molecular flexibility index (Phi) is 5.42. The molecule has 0 aromatic heterocycles. The summed E-state index contributed by atoms with van der Waals surface area (Å²) in [6.07, 6.45) is 3.86. The third-order valence-electron chi connectivity index (χ3n) is 4.59. The monoisotopic (exact) mass is 255 g/mol. The first-order chi connectivity index (χ1) is 8.77. The van der Waals surface area contributed by atoms with Crippen LogP contribution < -0.4 is 5.32 Å². The van der Waals surface area contributed by atoms with Crippen LogP contribution in [0.5, 0.6) is 0 Å². The van der Waals surface area contributed by atoms with Crippen molar-refractivity contribution in [1.29, 1.82) is 0 Å². The third kappa shape index (κ3) is 3.44. The van der Waals surface area contributed by atoms with Crippen LogP contribution in [0.1, 0.15) is 26.2 Å². The molecule has 0 radical (unpaired) electrons. The van der Waals surface area contributed by atoms with Gasteiger partial charge in [-0.25, -0.2) is 0 Å². The van der Waals surface area contributed by atoms with Crippen LogP contribution >= 0.6 is 0 Å². The van der Waals surface area contributed by atoms with Gasteiger partial charge in [0.1, 0.15) is 0 Å². The maximum atomic E-state index is 5.51. The number of nitrogens with one attached hydrogen (secondary N) is 1. The molecular formula is C14H29N3O. The maximum absolute atomic E-state index is 5.51. The van der Waals surface area contributed by atoms with Crippen molar-refractivity contribution in [2.45, 2.75) is 31.7 Å². The van der Waals surface area contributed by atoms with E-state index in [4.69, 9.17) is 4.74 Å². The minimum atomic E-state index is 0.411. The molecule has 2 aliphatic rings. The normalized spacial score (nSPS) is 26.3. The van der Waals surface area contributed by atoms with Gasteiger partial charge in [-0.2, -0.15) is 0 Å². The molecule has 2 fully saturated rings. The molecule has 0 atom stereocenters. The minimum Gasteiger partial charge on any atom is -0.380 e. The predicted octanol–water partition coefficient (Wildman–Crippen LogP) is 0.783. The summed E-state index contributed by atoms with van der Waals surface area (Å²) >= 11 is 0. The van der Waals surface area contributed by atoms with E-state index in [-0.39, 0.29) is 0 Å².